The molecule has 0 aromatic heterocycles. The van der Waals surface area contributed by atoms with E-state index in [1.165, 1.54) is 19.1 Å². The van der Waals surface area contributed by atoms with Gasteiger partial charge < -0.3 is 0 Å². The molecule has 0 N–H and O–H groups in total. The highest BCUT2D eigenvalue weighted by atomic mass is 19.4. The molecule has 0 fully saturated rings. The summed E-state index contributed by atoms with van der Waals surface area (Å²) in [6, 6.07) is 19.2. The third-order valence-corrected chi connectivity index (χ3v) is 6.65. The fourth-order valence-electron chi connectivity index (χ4n) is 3.98. The lowest BCUT2D eigenvalue weighted by molar-refractivity contribution is -0.173. The normalized spacial score (nSPS) is 11.7. The van der Waals surface area contributed by atoms with E-state index in [0.29, 0.717) is 0 Å². The van der Waals surface area contributed by atoms with Crippen LogP contribution in [0.1, 0.15) is 40.3 Å². The van der Waals surface area contributed by atoms with Crippen LogP contribution in [0.3, 0.4) is 0 Å². The summed E-state index contributed by atoms with van der Waals surface area (Å²) in [6.07, 6.45) is -4.35. The van der Waals surface area contributed by atoms with Crippen molar-refractivity contribution in [3.05, 3.63) is 129 Å². The molecule has 0 aliphatic carbocycles. The van der Waals surface area contributed by atoms with E-state index in [9.17, 15) is 30.7 Å². The molecule has 0 aliphatic heterocycles. The molecule has 0 unspecified atom stereocenters. The first kappa shape index (κ1) is 29.0. The standard InChI is InChI=1S/C17H17F3.C14H10F4/c1-12-4-8-14(9-5-12)16(3,17(18,19)20)15-10-6-13(2)7-11-15;1-7-3-5-9(6-4-7)10-13(17)11(15)8(2)12(16)14(10)18/h4-11H,1-3H3;3-6H,1-2H3. The summed E-state index contributed by atoms with van der Waals surface area (Å²) >= 11 is 0. The number of aryl methyl sites for hydroxylation is 3. The fraction of sp³-hybridized carbons (Fsp3) is 0.226. The Hall–Kier alpha value is -3.61. The zero-order valence-corrected chi connectivity index (χ0v) is 21.6. The number of hydrogen-bond acceptors (Lipinski definition) is 0. The van der Waals surface area contributed by atoms with E-state index < -0.39 is 46.0 Å². The zero-order valence-electron chi connectivity index (χ0n) is 21.6. The van der Waals surface area contributed by atoms with Crippen molar-refractivity contribution >= 4 is 0 Å². The predicted octanol–water partition coefficient (Wildman–Crippen LogP) is 9.70. The van der Waals surface area contributed by atoms with Crippen molar-refractivity contribution in [2.45, 2.75) is 46.2 Å². The quantitative estimate of drug-likeness (QED) is 0.182. The van der Waals surface area contributed by atoms with E-state index >= 15 is 0 Å². The van der Waals surface area contributed by atoms with Crippen molar-refractivity contribution in [2.75, 3.05) is 0 Å². The summed E-state index contributed by atoms with van der Waals surface area (Å²) in [5, 5.41) is 0. The van der Waals surface area contributed by atoms with Crippen LogP contribution >= 0.6 is 0 Å². The molecular formula is C31H27F7. The molecule has 4 aromatic rings. The highest BCUT2D eigenvalue weighted by Crippen LogP contribution is 2.46. The van der Waals surface area contributed by atoms with Crippen LogP contribution in [-0.2, 0) is 5.41 Å². The van der Waals surface area contributed by atoms with Crippen molar-refractivity contribution in [1.29, 1.82) is 0 Å². The van der Waals surface area contributed by atoms with Gasteiger partial charge in [-0.25, -0.2) is 17.6 Å². The first-order chi connectivity index (χ1) is 17.7. The molecule has 0 heterocycles. The van der Waals surface area contributed by atoms with Gasteiger partial charge in [0.2, 0.25) is 0 Å². The highest BCUT2D eigenvalue weighted by molar-refractivity contribution is 5.66. The molecule has 0 spiro atoms. The molecule has 0 atom stereocenters. The van der Waals surface area contributed by atoms with Gasteiger partial charge in [-0.05, 0) is 51.3 Å². The third-order valence-electron chi connectivity index (χ3n) is 6.65. The number of rotatable bonds is 3. The van der Waals surface area contributed by atoms with Gasteiger partial charge >= 0.3 is 6.18 Å². The lowest BCUT2D eigenvalue weighted by Gasteiger charge is -2.33. The van der Waals surface area contributed by atoms with Gasteiger partial charge in [-0.1, -0.05) is 89.5 Å². The maximum Gasteiger partial charge on any atom is 0.402 e. The molecule has 0 bridgehead atoms. The lowest BCUT2D eigenvalue weighted by Crippen LogP contribution is -2.40. The smallest absolute Gasteiger partial charge is 0.203 e. The minimum atomic E-state index is -4.35. The molecule has 0 radical (unpaired) electrons. The van der Waals surface area contributed by atoms with E-state index in [4.69, 9.17) is 0 Å². The van der Waals surface area contributed by atoms with Gasteiger partial charge in [0.05, 0.1) is 5.56 Å². The van der Waals surface area contributed by atoms with E-state index in [0.717, 1.165) is 23.6 Å². The maximum absolute atomic E-state index is 13.7. The molecule has 200 valence electrons. The highest BCUT2D eigenvalue weighted by Gasteiger charge is 2.53. The second-order valence-corrected chi connectivity index (χ2v) is 9.48. The zero-order chi connectivity index (χ0) is 28.4. The van der Waals surface area contributed by atoms with Crippen molar-refractivity contribution in [3.8, 4) is 11.1 Å². The van der Waals surface area contributed by atoms with E-state index in [-0.39, 0.29) is 16.7 Å². The van der Waals surface area contributed by atoms with Crippen LogP contribution in [0.25, 0.3) is 11.1 Å². The molecule has 0 amide bonds. The van der Waals surface area contributed by atoms with Crippen molar-refractivity contribution in [3.63, 3.8) is 0 Å². The average Bonchev–Trinajstić information content (AvgIpc) is 2.87. The van der Waals surface area contributed by atoms with E-state index in [1.54, 1.807) is 67.6 Å². The summed E-state index contributed by atoms with van der Waals surface area (Å²) in [7, 11) is 0. The van der Waals surface area contributed by atoms with Gasteiger partial charge in [0.15, 0.2) is 23.3 Å². The van der Waals surface area contributed by atoms with Gasteiger partial charge in [-0.15, -0.1) is 0 Å². The summed E-state index contributed by atoms with van der Waals surface area (Å²) in [6.45, 7) is 7.76. The van der Waals surface area contributed by atoms with Crippen LogP contribution in [0.4, 0.5) is 30.7 Å². The molecule has 0 aliphatic rings. The number of alkyl halides is 3. The van der Waals surface area contributed by atoms with Crippen molar-refractivity contribution in [1.82, 2.24) is 0 Å². The predicted molar refractivity (Wildman–Crippen MR) is 136 cm³/mol. The van der Waals surface area contributed by atoms with Crippen molar-refractivity contribution in [2.24, 2.45) is 0 Å². The van der Waals surface area contributed by atoms with Crippen LogP contribution < -0.4 is 0 Å². The molecular weight excluding hydrogens is 505 g/mol. The Bertz CT molecular complexity index is 1330. The average molecular weight is 533 g/mol. The number of benzene rings is 4. The monoisotopic (exact) mass is 532 g/mol. The van der Waals surface area contributed by atoms with Gasteiger partial charge in [0.25, 0.3) is 0 Å². The molecule has 0 saturated heterocycles. The summed E-state index contributed by atoms with van der Waals surface area (Å²) in [5.74, 6) is -5.44. The van der Waals surface area contributed by atoms with Gasteiger partial charge in [-0.2, -0.15) is 13.2 Å². The van der Waals surface area contributed by atoms with Crippen LogP contribution in [0.2, 0.25) is 0 Å². The van der Waals surface area contributed by atoms with Gasteiger partial charge in [0, 0.05) is 5.56 Å². The SMILES string of the molecule is Cc1ccc(-c2c(F)c(F)c(C)c(F)c2F)cc1.Cc1ccc(C(C)(c2ccc(C)cc2)C(F)(F)F)cc1. The Morgan fingerprint density at radius 1 is 0.474 bits per heavy atom. The molecule has 38 heavy (non-hydrogen) atoms. The van der Waals surface area contributed by atoms with E-state index in [2.05, 4.69) is 0 Å². The second kappa shape index (κ2) is 11.0. The Morgan fingerprint density at radius 3 is 1.11 bits per heavy atom. The fourth-order valence-corrected chi connectivity index (χ4v) is 3.98. The number of halogens is 7. The third kappa shape index (κ3) is 5.62. The molecule has 7 heteroatoms. The van der Waals surface area contributed by atoms with Crippen molar-refractivity contribution < 1.29 is 30.7 Å². The molecule has 4 rings (SSSR count). The largest absolute Gasteiger partial charge is 0.402 e. The Labute approximate surface area is 217 Å². The molecule has 0 saturated carbocycles. The summed E-state index contributed by atoms with van der Waals surface area (Å²) < 4.78 is 95.3. The number of hydrogen-bond donors (Lipinski definition) is 0. The first-order valence-corrected chi connectivity index (χ1v) is 11.8. The lowest BCUT2D eigenvalue weighted by atomic mass is 9.75. The minimum absolute atomic E-state index is 0.105. The Kier molecular flexibility index (Phi) is 8.39. The maximum atomic E-state index is 13.7. The Balaban J connectivity index is 0.000000212. The molecule has 4 aromatic carbocycles. The van der Waals surface area contributed by atoms with E-state index in [1.807, 2.05) is 13.8 Å². The molecule has 0 nitrogen and oxygen atoms in total. The summed E-state index contributed by atoms with van der Waals surface area (Å²) in [4.78, 5) is 0. The van der Waals surface area contributed by atoms with Gasteiger partial charge in [0.1, 0.15) is 5.41 Å². The van der Waals surface area contributed by atoms with Crippen LogP contribution in [0.15, 0.2) is 72.8 Å². The first-order valence-electron chi connectivity index (χ1n) is 11.8. The second-order valence-electron chi connectivity index (χ2n) is 9.48. The Morgan fingerprint density at radius 2 is 0.789 bits per heavy atom. The van der Waals surface area contributed by atoms with Gasteiger partial charge in [-0.3, -0.25) is 0 Å². The van der Waals surface area contributed by atoms with Crippen LogP contribution in [0, 0.1) is 51.0 Å². The van der Waals surface area contributed by atoms with Crippen LogP contribution in [0.5, 0.6) is 0 Å². The minimum Gasteiger partial charge on any atom is -0.203 e. The van der Waals surface area contributed by atoms with Crippen LogP contribution in [-0.4, -0.2) is 6.18 Å². The summed E-state index contributed by atoms with van der Waals surface area (Å²) in [5.41, 5.74) is 0.0924. The topological polar surface area (TPSA) is 0 Å².